The van der Waals surface area contributed by atoms with Gasteiger partial charge in [0.25, 0.3) is 0 Å². The molecule has 5 nitrogen and oxygen atoms in total. The molecular weight excluding hydrogens is 304 g/mol. The number of para-hydroxylation sites is 1. The van der Waals surface area contributed by atoms with Gasteiger partial charge in [0.1, 0.15) is 0 Å². The summed E-state index contributed by atoms with van der Waals surface area (Å²) < 4.78 is 6.66. The molecule has 0 saturated heterocycles. The zero-order chi connectivity index (χ0) is 17.4. The van der Waals surface area contributed by atoms with Gasteiger partial charge in [-0.3, -0.25) is 9.59 Å². The second-order valence-electron chi connectivity index (χ2n) is 6.05. The molecule has 0 fully saturated rings. The number of fused-ring (bicyclic) bond motifs is 1. The van der Waals surface area contributed by atoms with Crippen molar-refractivity contribution in [2.45, 2.75) is 38.5 Å². The number of nitrogens with one attached hydrogen (secondary N) is 1. The number of ether oxygens (including phenoxy) is 1. The fourth-order valence-corrected chi connectivity index (χ4v) is 2.88. The van der Waals surface area contributed by atoms with Gasteiger partial charge < -0.3 is 14.6 Å². The predicted octanol–water partition coefficient (Wildman–Crippen LogP) is 2.96. The SMILES string of the molecule is COC(=O)CCCCCCNC(=O)Cc1cn(C)c2ccccc12. The summed E-state index contributed by atoms with van der Waals surface area (Å²) in [5, 5.41) is 4.11. The largest absolute Gasteiger partial charge is 0.469 e. The van der Waals surface area contributed by atoms with Crippen LogP contribution in [0.4, 0.5) is 0 Å². The zero-order valence-electron chi connectivity index (χ0n) is 14.5. The van der Waals surface area contributed by atoms with Gasteiger partial charge in [-0.15, -0.1) is 0 Å². The number of esters is 1. The molecule has 0 radical (unpaired) electrons. The lowest BCUT2D eigenvalue weighted by Crippen LogP contribution is -2.26. The summed E-state index contributed by atoms with van der Waals surface area (Å²) in [5.74, 6) is -0.0979. The van der Waals surface area contributed by atoms with E-state index in [1.807, 2.05) is 25.4 Å². The molecule has 0 saturated carbocycles. The van der Waals surface area contributed by atoms with Crippen molar-refractivity contribution in [1.29, 1.82) is 0 Å². The number of unbranched alkanes of at least 4 members (excludes halogenated alkanes) is 3. The quantitative estimate of drug-likeness (QED) is 0.568. The van der Waals surface area contributed by atoms with Crippen LogP contribution in [-0.2, 0) is 27.8 Å². The molecule has 1 heterocycles. The van der Waals surface area contributed by atoms with Gasteiger partial charge in [-0.05, 0) is 24.5 Å². The van der Waals surface area contributed by atoms with Crippen LogP contribution >= 0.6 is 0 Å². The average molecular weight is 330 g/mol. The minimum absolute atomic E-state index is 0.0564. The van der Waals surface area contributed by atoms with Gasteiger partial charge in [-0.25, -0.2) is 0 Å². The molecule has 2 aromatic rings. The van der Waals surface area contributed by atoms with Crippen molar-refractivity contribution in [3.63, 3.8) is 0 Å². The molecule has 0 spiro atoms. The van der Waals surface area contributed by atoms with E-state index in [0.29, 0.717) is 19.4 Å². The number of carbonyl (C=O) groups is 2. The molecule has 0 aliphatic heterocycles. The van der Waals surface area contributed by atoms with E-state index in [1.54, 1.807) is 0 Å². The van der Waals surface area contributed by atoms with Crippen LogP contribution < -0.4 is 5.32 Å². The summed E-state index contributed by atoms with van der Waals surface area (Å²) in [7, 11) is 3.41. The van der Waals surface area contributed by atoms with E-state index < -0.39 is 0 Å². The second-order valence-corrected chi connectivity index (χ2v) is 6.05. The first-order valence-electron chi connectivity index (χ1n) is 8.48. The molecule has 5 heteroatoms. The van der Waals surface area contributed by atoms with Gasteiger partial charge in [-0.2, -0.15) is 0 Å². The molecule has 2 rings (SSSR count). The normalized spacial score (nSPS) is 10.8. The molecule has 130 valence electrons. The van der Waals surface area contributed by atoms with E-state index in [1.165, 1.54) is 7.11 Å². The molecule has 1 amide bonds. The molecule has 0 bridgehead atoms. The lowest BCUT2D eigenvalue weighted by molar-refractivity contribution is -0.140. The van der Waals surface area contributed by atoms with Gasteiger partial charge in [0.05, 0.1) is 13.5 Å². The van der Waals surface area contributed by atoms with Gasteiger partial charge in [0.15, 0.2) is 0 Å². The summed E-state index contributed by atoms with van der Waals surface area (Å²) in [6.07, 6.45) is 6.67. The van der Waals surface area contributed by atoms with Crippen molar-refractivity contribution in [3.05, 3.63) is 36.0 Å². The maximum atomic E-state index is 12.1. The molecule has 0 unspecified atom stereocenters. The summed E-state index contributed by atoms with van der Waals surface area (Å²) >= 11 is 0. The minimum atomic E-state index is -0.154. The monoisotopic (exact) mass is 330 g/mol. The smallest absolute Gasteiger partial charge is 0.305 e. The number of rotatable bonds is 9. The van der Waals surface area contributed by atoms with Crippen molar-refractivity contribution in [2.75, 3.05) is 13.7 Å². The first kappa shape index (κ1) is 18.0. The minimum Gasteiger partial charge on any atom is -0.469 e. The van der Waals surface area contributed by atoms with Crippen LogP contribution in [0.25, 0.3) is 10.9 Å². The highest BCUT2D eigenvalue weighted by Crippen LogP contribution is 2.20. The van der Waals surface area contributed by atoms with E-state index in [2.05, 4.69) is 26.8 Å². The van der Waals surface area contributed by atoms with Crippen LogP contribution in [0.3, 0.4) is 0 Å². The maximum absolute atomic E-state index is 12.1. The molecule has 1 aromatic heterocycles. The highest BCUT2D eigenvalue weighted by atomic mass is 16.5. The van der Waals surface area contributed by atoms with Crippen molar-refractivity contribution in [3.8, 4) is 0 Å². The summed E-state index contributed by atoms with van der Waals surface area (Å²) in [5.41, 5.74) is 2.20. The van der Waals surface area contributed by atoms with Crippen LogP contribution in [0.15, 0.2) is 30.5 Å². The lowest BCUT2D eigenvalue weighted by atomic mass is 10.1. The van der Waals surface area contributed by atoms with Gasteiger partial charge in [-0.1, -0.05) is 31.0 Å². The molecule has 0 aliphatic rings. The molecule has 24 heavy (non-hydrogen) atoms. The highest BCUT2D eigenvalue weighted by Gasteiger charge is 2.09. The van der Waals surface area contributed by atoms with E-state index in [0.717, 1.165) is 42.1 Å². The van der Waals surface area contributed by atoms with Crippen molar-refractivity contribution in [1.82, 2.24) is 9.88 Å². The second kappa shape index (κ2) is 9.11. The van der Waals surface area contributed by atoms with Crippen LogP contribution in [0.2, 0.25) is 0 Å². The first-order chi connectivity index (χ1) is 11.6. The Hall–Kier alpha value is -2.30. The third kappa shape index (κ3) is 5.11. The highest BCUT2D eigenvalue weighted by molar-refractivity contribution is 5.89. The fourth-order valence-electron chi connectivity index (χ4n) is 2.88. The Labute approximate surface area is 143 Å². The maximum Gasteiger partial charge on any atom is 0.305 e. The van der Waals surface area contributed by atoms with E-state index >= 15 is 0 Å². The fraction of sp³-hybridized carbons (Fsp3) is 0.474. The first-order valence-corrected chi connectivity index (χ1v) is 8.48. The number of hydrogen-bond donors (Lipinski definition) is 1. The Balaban J connectivity index is 1.67. The number of aryl methyl sites for hydroxylation is 1. The van der Waals surface area contributed by atoms with Crippen molar-refractivity contribution >= 4 is 22.8 Å². The Bertz CT molecular complexity index is 691. The summed E-state index contributed by atoms with van der Waals surface area (Å²) in [4.78, 5) is 23.1. The van der Waals surface area contributed by atoms with Crippen molar-refractivity contribution < 1.29 is 14.3 Å². The zero-order valence-corrected chi connectivity index (χ0v) is 14.5. The van der Waals surface area contributed by atoms with Crippen LogP contribution in [0, 0.1) is 0 Å². The molecule has 1 N–H and O–H groups in total. The number of nitrogens with zero attached hydrogens (tertiary/aromatic N) is 1. The Morgan fingerprint density at radius 2 is 1.88 bits per heavy atom. The number of hydrogen-bond acceptors (Lipinski definition) is 3. The Kier molecular flexibility index (Phi) is 6.85. The number of amides is 1. The van der Waals surface area contributed by atoms with E-state index in [4.69, 9.17) is 0 Å². The molecule has 0 aliphatic carbocycles. The number of methoxy groups -OCH3 is 1. The number of carbonyl (C=O) groups excluding carboxylic acids is 2. The number of aromatic nitrogens is 1. The lowest BCUT2D eigenvalue weighted by Gasteiger charge is -2.05. The van der Waals surface area contributed by atoms with Crippen molar-refractivity contribution in [2.24, 2.45) is 7.05 Å². The number of benzene rings is 1. The van der Waals surface area contributed by atoms with Gasteiger partial charge in [0.2, 0.25) is 5.91 Å². The van der Waals surface area contributed by atoms with Crippen LogP contribution in [0.1, 0.15) is 37.7 Å². The average Bonchev–Trinajstić information content (AvgIpc) is 2.90. The third-order valence-corrected chi connectivity index (χ3v) is 4.19. The van der Waals surface area contributed by atoms with Crippen LogP contribution in [-0.4, -0.2) is 30.1 Å². The van der Waals surface area contributed by atoms with Crippen LogP contribution in [0.5, 0.6) is 0 Å². The van der Waals surface area contributed by atoms with E-state index in [9.17, 15) is 9.59 Å². The van der Waals surface area contributed by atoms with Gasteiger partial charge in [0, 0.05) is 37.1 Å². The standard InChI is InChI=1S/C19H26N2O3/c1-21-14-15(16-9-6-7-10-17(16)21)13-18(22)20-12-8-4-3-5-11-19(23)24-2/h6-7,9-10,14H,3-5,8,11-13H2,1-2H3,(H,20,22). The molecular formula is C19H26N2O3. The molecule has 1 aromatic carbocycles. The molecule has 0 atom stereocenters. The third-order valence-electron chi connectivity index (χ3n) is 4.19. The Morgan fingerprint density at radius 3 is 2.67 bits per heavy atom. The van der Waals surface area contributed by atoms with E-state index in [-0.39, 0.29) is 11.9 Å². The predicted molar refractivity (Wildman–Crippen MR) is 94.7 cm³/mol. The topological polar surface area (TPSA) is 60.3 Å². The Morgan fingerprint density at radius 1 is 1.12 bits per heavy atom. The summed E-state index contributed by atoms with van der Waals surface area (Å²) in [6.45, 7) is 0.682. The summed E-state index contributed by atoms with van der Waals surface area (Å²) in [6, 6.07) is 8.12. The van der Waals surface area contributed by atoms with Gasteiger partial charge >= 0.3 is 5.97 Å².